The summed E-state index contributed by atoms with van der Waals surface area (Å²) in [6, 6.07) is 9.42. The number of fused-ring (bicyclic) bond motifs is 1. The topological polar surface area (TPSA) is 42.4 Å². The van der Waals surface area contributed by atoms with Gasteiger partial charge in [0.25, 0.3) is 0 Å². The van der Waals surface area contributed by atoms with Crippen molar-refractivity contribution in [1.29, 1.82) is 0 Å². The molecule has 0 unspecified atom stereocenters. The zero-order valence-electron chi connectivity index (χ0n) is 14.9. The Balaban J connectivity index is 1.67. The van der Waals surface area contributed by atoms with Gasteiger partial charge in [0.15, 0.2) is 0 Å². The fourth-order valence-corrected chi connectivity index (χ4v) is 2.96. The maximum absolute atomic E-state index is 12.2. The van der Waals surface area contributed by atoms with E-state index in [1.165, 1.54) is 22.9 Å². The molecule has 0 saturated carbocycles. The molecule has 0 saturated heterocycles. The number of hydrogen-bond donors (Lipinski definition) is 0. The number of allylic oxidation sites excluding steroid dienone is 1. The zero-order valence-corrected chi connectivity index (χ0v) is 14.9. The molecule has 0 radical (unpaired) electrons. The van der Waals surface area contributed by atoms with Gasteiger partial charge < -0.3 is 4.74 Å². The lowest BCUT2D eigenvalue weighted by Gasteiger charge is -2.17. The highest BCUT2D eigenvalue weighted by Crippen LogP contribution is 2.22. The zero-order chi connectivity index (χ0) is 17.6. The first-order valence-corrected chi connectivity index (χ1v) is 8.71. The largest absolute Gasteiger partial charge is 0.423 e. The summed E-state index contributed by atoms with van der Waals surface area (Å²) in [5.74, 6) is 0.234. The monoisotopic (exact) mass is 336 g/mol. The third-order valence-corrected chi connectivity index (χ3v) is 4.44. The standard InChI is InChI=1S/C21H24N2O2/c1-16(2)7-11-23-12-8-17-5-6-20(14-18(17)9-13-23)25-21(24)19-4-3-10-22-15-19/h3-7,10,14-15H,8-9,11-13H2,1-2H3. The van der Waals surface area contributed by atoms with Crippen LogP contribution in [0.25, 0.3) is 0 Å². The van der Waals surface area contributed by atoms with Crippen LogP contribution in [0.1, 0.15) is 35.3 Å². The average molecular weight is 336 g/mol. The Labute approximate surface area is 149 Å². The summed E-state index contributed by atoms with van der Waals surface area (Å²) >= 11 is 0. The van der Waals surface area contributed by atoms with Crippen molar-refractivity contribution in [3.8, 4) is 5.75 Å². The molecule has 0 N–H and O–H groups in total. The molecule has 0 bridgehead atoms. The summed E-state index contributed by atoms with van der Waals surface area (Å²) in [4.78, 5) is 18.6. The van der Waals surface area contributed by atoms with E-state index in [1.54, 1.807) is 18.3 Å². The number of carbonyl (C=O) groups excluding carboxylic acids is 1. The molecular weight excluding hydrogens is 312 g/mol. The van der Waals surface area contributed by atoms with E-state index < -0.39 is 0 Å². The lowest BCUT2D eigenvalue weighted by molar-refractivity contribution is 0.0734. The quantitative estimate of drug-likeness (QED) is 0.485. The highest BCUT2D eigenvalue weighted by molar-refractivity contribution is 5.90. The number of hydrogen-bond acceptors (Lipinski definition) is 4. The van der Waals surface area contributed by atoms with E-state index in [1.807, 2.05) is 12.1 Å². The van der Waals surface area contributed by atoms with E-state index in [0.717, 1.165) is 32.5 Å². The first kappa shape index (κ1) is 17.4. The molecular formula is C21H24N2O2. The molecule has 4 heteroatoms. The van der Waals surface area contributed by atoms with Gasteiger partial charge in [0.2, 0.25) is 0 Å². The van der Waals surface area contributed by atoms with Crippen molar-refractivity contribution >= 4 is 5.97 Å². The molecule has 0 amide bonds. The van der Waals surface area contributed by atoms with Gasteiger partial charge in [-0.05, 0) is 62.1 Å². The lowest BCUT2D eigenvalue weighted by Crippen LogP contribution is -2.26. The van der Waals surface area contributed by atoms with Gasteiger partial charge >= 0.3 is 5.97 Å². The van der Waals surface area contributed by atoms with Gasteiger partial charge in [0.1, 0.15) is 5.75 Å². The molecule has 0 aliphatic carbocycles. The summed E-state index contributed by atoms with van der Waals surface area (Å²) in [7, 11) is 0. The molecule has 1 aromatic carbocycles. The third kappa shape index (κ3) is 4.77. The fourth-order valence-electron chi connectivity index (χ4n) is 2.96. The fraction of sp³-hybridized carbons (Fsp3) is 0.333. The molecule has 0 atom stereocenters. The maximum Gasteiger partial charge on any atom is 0.345 e. The van der Waals surface area contributed by atoms with Crippen LogP contribution in [0, 0.1) is 0 Å². The summed E-state index contributed by atoms with van der Waals surface area (Å²) in [6.07, 6.45) is 7.44. The van der Waals surface area contributed by atoms with E-state index in [0.29, 0.717) is 11.3 Å². The van der Waals surface area contributed by atoms with Crippen LogP contribution >= 0.6 is 0 Å². The number of rotatable bonds is 4. The Kier molecular flexibility index (Phi) is 5.61. The Morgan fingerprint density at radius 2 is 2.00 bits per heavy atom. The van der Waals surface area contributed by atoms with E-state index in [2.05, 4.69) is 35.9 Å². The normalized spacial score (nSPS) is 14.3. The highest BCUT2D eigenvalue weighted by Gasteiger charge is 2.15. The summed E-state index contributed by atoms with van der Waals surface area (Å²) in [6.45, 7) is 7.35. The first-order chi connectivity index (χ1) is 12.1. The third-order valence-electron chi connectivity index (χ3n) is 4.44. The molecule has 0 spiro atoms. The maximum atomic E-state index is 12.2. The first-order valence-electron chi connectivity index (χ1n) is 8.71. The Bertz CT molecular complexity index is 765. The van der Waals surface area contributed by atoms with Crippen LogP contribution in [0.2, 0.25) is 0 Å². The minimum atomic E-state index is -0.369. The van der Waals surface area contributed by atoms with Gasteiger partial charge in [-0.25, -0.2) is 4.79 Å². The predicted octanol–water partition coefficient (Wildman–Crippen LogP) is 3.67. The minimum absolute atomic E-state index is 0.369. The molecule has 3 rings (SSSR count). The van der Waals surface area contributed by atoms with Crippen molar-refractivity contribution in [3.63, 3.8) is 0 Å². The number of nitrogens with zero attached hydrogens (tertiary/aromatic N) is 2. The number of aromatic nitrogens is 1. The summed E-state index contributed by atoms with van der Waals surface area (Å²) < 4.78 is 5.51. The Hall–Kier alpha value is -2.46. The second-order valence-corrected chi connectivity index (χ2v) is 6.64. The SMILES string of the molecule is CC(C)=CCN1CCc2ccc(OC(=O)c3cccnc3)cc2CC1. The Morgan fingerprint density at radius 1 is 1.20 bits per heavy atom. The van der Waals surface area contributed by atoms with Crippen LogP contribution in [0.3, 0.4) is 0 Å². The second-order valence-electron chi connectivity index (χ2n) is 6.64. The highest BCUT2D eigenvalue weighted by atomic mass is 16.5. The van der Waals surface area contributed by atoms with Gasteiger partial charge in [-0.1, -0.05) is 17.7 Å². The van der Waals surface area contributed by atoms with Gasteiger partial charge in [-0.15, -0.1) is 0 Å². The van der Waals surface area contributed by atoms with Crippen molar-refractivity contribution in [2.45, 2.75) is 26.7 Å². The van der Waals surface area contributed by atoms with Gasteiger partial charge in [-0.3, -0.25) is 9.88 Å². The molecule has 1 aliphatic heterocycles. The molecule has 25 heavy (non-hydrogen) atoms. The van der Waals surface area contributed by atoms with E-state index >= 15 is 0 Å². The van der Waals surface area contributed by atoms with E-state index in [4.69, 9.17) is 4.74 Å². The lowest BCUT2D eigenvalue weighted by atomic mass is 10.0. The summed E-state index contributed by atoms with van der Waals surface area (Å²) in [5, 5.41) is 0. The van der Waals surface area contributed by atoms with Crippen molar-refractivity contribution in [2.75, 3.05) is 19.6 Å². The van der Waals surface area contributed by atoms with Crippen molar-refractivity contribution in [1.82, 2.24) is 9.88 Å². The molecule has 4 nitrogen and oxygen atoms in total. The van der Waals surface area contributed by atoms with Gasteiger partial charge in [0, 0.05) is 32.0 Å². The van der Waals surface area contributed by atoms with Crippen molar-refractivity contribution in [3.05, 3.63) is 71.1 Å². The van der Waals surface area contributed by atoms with Crippen LogP contribution in [-0.2, 0) is 12.8 Å². The van der Waals surface area contributed by atoms with Gasteiger partial charge in [0.05, 0.1) is 5.56 Å². The number of esters is 1. The van der Waals surface area contributed by atoms with Crippen LogP contribution in [0.5, 0.6) is 5.75 Å². The molecule has 130 valence electrons. The minimum Gasteiger partial charge on any atom is -0.423 e. The van der Waals surface area contributed by atoms with Gasteiger partial charge in [-0.2, -0.15) is 0 Å². The van der Waals surface area contributed by atoms with Crippen LogP contribution in [0.15, 0.2) is 54.4 Å². The number of carbonyl (C=O) groups is 1. The number of ether oxygens (including phenoxy) is 1. The molecule has 2 heterocycles. The van der Waals surface area contributed by atoms with Crippen LogP contribution < -0.4 is 4.74 Å². The van der Waals surface area contributed by atoms with Crippen LogP contribution in [-0.4, -0.2) is 35.5 Å². The predicted molar refractivity (Wildman–Crippen MR) is 98.9 cm³/mol. The van der Waals surface area contributed by atoms with Crippen molar-refractivity contribution < 1.29 is 9.53 Å². The number of pyridine rings is 1. The van der Waals surface area contributed by atoms with Crippen molar-refractivity contribution in [2.24, 2.45) is 0 Å². The second kappa shape index (κ2) is 8.08. The van der Waals surface area contributed by atoms with E-state index in [9.17, 15) is 4.79 Å². The molecule has 0 fully saturated rings. The number of benzene rings is 1. The molecule has 1 aliphatic rings. The summed E-state index contributed by atoms with van der Waals surface area (Å²) in [5.41, 5.74) is 4.44. The van der Waals surface area contributed by atoms with E-state index in [-0.39, 0.29) is 5.97 Å². The average Bonchev–Trinajstić information content (AvgIpc) is 2.82. The molecule has 2 aromatic rings. The smallest absolute Gasteiger partial charge is 0.345 e. The Morgan fingerprint density at radius 3 is 2.72 bits per heavy atom. The molecule has 1 aromatic heterocycles. The van der Waals surface area contributed by atoms with Crippen LogP contribution in [0.4, 0.5) is 0 Å².